The van der Waals surface area contributed by atoms with Gasteiger partial charge >= 0.3 is 5.97 Å². The van der Waals surface area contributed by atoms with Gasteiger partial charge in [0.15, 0.2) is 0 Å². The van der Waals surface area contributed by atoms with Crippen LogP contribution in [0.4, 0.5) is 10.1 Å². The Kier molecular flexibility index (Phi) is 10.2. The number of rotatable bonds is 12. The van der Waals surface area contributed by atoms with Gasteiger partial charge in [-0.15, -0.1) is 0 Å². The zero-order chi connectivity index (χ0) is 27.8. The average molecular weight is 525 g/mol. The molecule has 38 heavy (non-hydrogen) atoms. The molecule has 1 aromatic heterocycles. The highest BCUT2D eigenvalue weighted by atomic mass is 19.1. The minimum absolute atomic E-state index is 0.0200. The van der Waals surface area contributed by atoms with Crippen LogP contribution in [-0.2, 0) is 22.5 Å². The van der Waals surface area contributed by atoms with Crippen molar-refractivity contribution in [2.24, 2.45) is 0 Å². The van der Waals surface area contributed by atoms with Crippen molar-refractivity contribution in [2.45, 2.75) is 71.1 Å². The van der Waals surface area contributed by atoms with E-state index in [1.165, 1.54) is 19.2 Å². The summed E-state index contributed by atoms with van der Waals surface area (Å²) in [6, 6.07) is 15.4. The van der Waals surface area contributed by atoms with Crippen LogP contribution >= 0.6 is 0 Å². The number of amides is 1. The van der Waals surface area contributed by atoms with Gasteiger partial charge in [0.1, 0.15) is 11.5 Å². The first-order chi connectivity index (χ1) is 18.2. The molecule has 0 bridgehead atoms. The smallest absolute Gasteiger partial charge is 0.308 e. The van der Waals surface area contributed by atoms with Gasteiger partial charge in [-0.3, -0.25) is 9.59 Å². The molecular formula is C30H37FN2O5. The molecule has 0 aliphatic rings. The van der Waals surface area contributed by atoms with E-state index < -0.39 is 18.2 Å². The molecule has 0 saturated heterocycles. The van der Waals surface area contributed by atoms with E-state index in [4.69, 9.17) is 0 Å². The number of ether oxygens (including phenoxy) is 1. The Balaban J connectivity index is 2.04. The summed E-state index contributed by atoms with van der Waals surface area (Å²) in [4.78, 5) is 25.1. The number of carbonyl (C=O) groups is 2. The van der Waals surface area contributed by atoms with Gasteiger partial charge in [-0.05, 0) is 67.5 Å². The summed E-state index contributed by atoms with van der Waals surface area (Å²) in [6.07, 6.45) is -1.36. The number of aliphatic hydroxyl groups is 2. The number of nitrogens with zero attached hydrogens (tertiary/aromatic N) is 1. The van der Waals surface area contributed by atoms with E-state index in [-0.39, 0.29) is 30.5 Å². The zero-order valence-electron chi connectivity index (χ0n) is 22.4. The molecule has 3 rings (SSSR count). The number of hydrogen-bond acceptors (Lipinski definition) is 5. The van der Waals surface area contributed by atoms with Crippen LogP contribution in [-0.4, -0.2) is 46.0 Å². The molecule has 8 heteroatoms. The van der Waals surface area contributed by atoms with Crippen LogP contribution in [0.3, 0.4) is 0 Å². The molecule has 7 nitrogen and oxygen atoms in total. The van der Waals surface area contributed by atoms with Crippen molar-refractivity contribution in [3.8, 4) is 11.1 Å². The van der Waals surface area contributed by atoms with Crippen molar-refractivity contribution in [3.05, 3.63) is 77.4 Å². The Bertz CT molecular complexity index is 1220. The normalized spacial score (nSPS) is 12.8. The third kappa shape index (κ3) is 7.08. The SMILES string of the molecule is CCn1c(CCC(O)CC(O)CC(=O)OC)c(-c2ccc(F)cc2)c(C(C)C)c1C(=O)Nc1ccccc1. The van der Waals surface area contributed by atoms with Gasteiger partial charge in [0, 0.05) is 23.5 Å². The minimum atomic E-state index is -1.02. The molecule has 0 saturated carbocycles. The van der Waals surface area contributed by atoms with Gasteiger partial charge < -0.3 is 24.8 Å². The van der Waals surface area contributed by atoms with E-state index in [0.29, 0.717) is 30.8 Å². The van der Waals surface area contributed by atoms with Crippen molar-refractivity contribution in [1.82, 2.24) is 4.57 Å². The lowest BCUT2D eigenvalue weighted by Gasteiger charge is -2.17. The van der Waals surface area contributed by atoms with Crippen LogP contribution in [0.2, 0.25) is 0 Å². The maximum Gasteiger partial charge on any atom is 0.308 e. The largest absolute Gasteiger partial charge is 0.469 e. The number of esters is 1. The number of methoxy groups -OCH3 is 1. The van der Waals surface area contributed by atoms with E-state index in [2.05, 4.69) is 10.1 Å². The molecule has 1 heterocycles. The molecule has 1 amide bonds. The Morgan fingerprint density at radius 1 is 1.03 bits per heavy atom. The van der Waals surface area contributed by atoms with Crippen molar-refractivity contribution in [2.75, 3.05) is 12.4 Å². The Labute approximate surface area is 223 Å². The van der Waals surface area contributed by atoms with Crippen LogP contribution < -0.4 is 5.32 Å². The van der Waals surface area contributed by atoms with E-state index in [0.717, 1.165) is 22.4 Å². The standard InChI is InChI=1S/C30H37FN2O5/c1-5-33-25(16-15-23(34)17-24(35)18-26(36)38-4)28(20-11-13-21(31)14-12-20)27(19(2)3)29(33)30(37)32-22-9-7-6-8-10-22/h6-14,19,23-24,34-35H,5,15-18H2,1-4H3,(H,32,37). The van der Waals surface area contributed by atoms with Crippen LogP contribution in [0.15, 0.2) is 54.6 Å². The highest BCUT2D eigenvalue weighted by molar-refractivity contribution is 6.06. The van der Waals surface area contributed by atoms with Crippen molar-refractivity contribution < 1.29 is 28.9 Å². The predicted octanol–water partition coefficient (Wildman–Crippen LogP) is 5.30. The second kappa shape index (κ2) is 13.3. The summed E-state index contributed by atoms with van der Waals surface area (Å²) in [5.74, 6) is -1.16. The van der Waals surface area contributed by atoms with E-state index in [9.17, 15) is 24.2 Å². The fourth-order valence-electron chi connectivity index (χ4n) is 4.85. The molecular weight excluding hydrogens is 487 g/mol. The molecule has 2 aromatic carbocycles. The Hall–Kier alpha value is -3.49. The highest BCUT2D eigenvalue weighted by Gasteiger charge is 2.29. The lowest BCUT2D eigenvalue weighted by atomic mass is 9.91. The lowest BCUT2D eigenvalue weighted by Crippen LogP contribution is -2.22. The predicted molar refractivity (Wildman–Crippen MR) is 146 cm³/mol. The first kappa shape index (κ1) is 29.1. The number of para-hydroxylation sites is 1. The monoisotopic (exact) mass is 524 g/mol. The molecule has 2 atom stereocenters. The second-order valence-corrected chi connectivity index (χ2v) is 9.67. The van der Waals surface area contributed by atoms with Crippen LogP contribution in [0.5, 0.6) is 0 Å². The topological polar surface area (TPSA) is 101 Å². The molecule has 2 unspecified atom stereocenters. The number of aromatic nitrogens is 1. The maximum absolute atomic E-state index is 13.8. The lowest BCUT2D eigenvalue weighted by molar-refractivity contribution is -0.143. The van der Waals surface area contributed by atoms with Gasteiger partial charge in [0.2, 0.25) is 0 Å². The quantitative estimate of drug-likeness (QED) is 0.279. The fraction of sp³-hybridized carbons (Fsp3) is 0.400. The van der Waals surface area contributed by atoms with Gasteiger partial charge in [-0.25, -0.2) is 4.39 Å². The molecule has 0 spiro atoms. The van der Waals surface area contributed by atoms with Crippen molar-refractivity contribution in [1.29, 1.82) is 0 Å². The summed E-state index contributed by atoms with van der Waals surface area (Å²) < 4.78 is 20.4. The summed E-state index contributed by atoms with van der Waals surface area (Å²) in [5, 5.41) is 23.8. The van der Waals surface area contributed by atoms with Crippen molar-refractivity contribution >= 4 is 17.6 Å². The molecule has 0 aliphatic heterocycles. The summed E-state index contributed by atoms with van der Waals surface area (Å²) in [7, 11) is 1.25. The fourth-order valence-corrected chi connectivity index (χ4v) is 4.85. The minimum Gasteiger partial charge on any atom is -0.469 e. The molecule has 204 valence electrons. The number of anilines is 1. The zero-order valence-corrected chi connectivity index (χ0v) is 22.4. The van der Waals surface area contributed by atoms with Gasteiger partial charge in [-0.1, -0.05) is 44.2 Å². The Morgan fingerprint density at radius 3 is 2.26 bits per heavy atom. The Morgan fingerprint density at radius 2 is 1.68 bits per heavy atom. The van der Waals surface area contributed by atoms with E-state index in [1.54, 1.807) is 12.1 Å². The number of benzene rings is 2. The highest BCUT2D eigenvalue weighted by Crippen LogP contribution is 2.39. The third-order valence-electron chi connectivity index (χ3n) is 6.57. The first-order valence-electron chi connectivity index (χ1n) is 13.0. The summed E-state index contributed by atoms with van der Waals surface area (Å²) >= 11 is 0. The summed E-state index contributed by atoms with van der Waals surface area (Å²) in [5.41, 5.74) is 4.54. The number of aliphatic hydroxyl groups excluding tert-OH is 2. The number of nitrogens with one attached hydrogen (secondary N) is 1. The van der Waals surface area contributed by atoms with Crippen molar-refractivity contribution in [3.63, 3.8) is 0 Å². The summed E-state index contributed by atoms with van der Waals surface area (Å²) in [6.45, 7) is 6.50. The van der Waals surface area contributed by atoms with Crippen LogP contribution in [0.1, 0.15) is 67.7 Å². The number of hydrogen-bond donors (Lipinski definition) is 3. The second-order valence-electron chi connectivity index (χ2n) is 9.67. The van der Waals surface area contributed by atoms with Crippen LogP contribution in [0, 0.1) is 5.82 Å². The molecule has 0 aliphatic carbocycles. The van der Waals surface area contributed by atoms with E-state index in [1.807, 2.05) is 55.7 Å². The molecule has 0 fully saturated rings. The first-order valence-corrected chi connectivity index (χ1v) is 13.0. The average Bonchev–Trinajstić information content (AvgIpc) is 3.23. The molecule has 0 radical (unpaired) electrons. The number of carbonyl (C=O) groups excluding carboxylic acids is 2. The maximum atomic E-state index is 13.8. The molecule has 3 N–H and O–H groups in total. The van der Waals surface area contributed by atoms with Gasteiger partial charge in [-0.2, -0.15) is 0 Å². The molecule has 3 aromatic rings. The number of halogens is 1. The van der Waals surface area contributed by atoms with Gasteiger partial charge in [0.05, 0.1) is 25.7 Å². The van der Waals surface area contributed by atoms with Gasteiger partial charge in [0.25, 0.3) is 5.91 Å². The van der Waals surface area contributed by atoms with Crippen LogP contribution in [0.25, 0.3) is 11.1 Å². The van der Waals surface area contributed by atoms with E-state index >= 15 is 0 Å². The third-order valence-corrected chi connectivity index (χ3v) is 6.57.